The predicted molar refractivity (Wildman–Crippen MR) is 134 cm³/mol. The van der Waals surface area contributed by atoms with E-state index in [1.54, 1.807) is 41.7 Å². The molecule has 0 aromatic heterocycles. The molecule has 3 aromatic carbocycles. The molecule has 1 saturated heterocycles. The molecule has 3 unspecified atom stereocenters. The molecule has 1 heterocycles. The summed E-state index contributed by atoms with van der Waals surface area (Å²) in [5, 5.41) is 1.71. The lowest BCUT2D eigenvalue weighted by atomic mass is 9.72. The number of hydrogen-bond donors (Lipinski definition) is 1. The maximum Gasteiger partial charge on any atom is 0.314 e. The maximum absolute atomic E-state index is 13.9. The SMILES string of the molecule is O=C([NH2+]C(c1ccc(F)cc1)c1ccc(F)cc1)C1CCC(N2CCOCC2)CC1c1ccc(F)cc1. The van der Waals surface area contributed by atoms with Gasteiger partial charge in [-0.25, -0.2) is 18.0 Å². The van der Waals surface area contributed by atoms with Gasteiger partial charge < -0.3 is 4.74 Å². The number of ether oxygens (including phenoxy) is 1. The Morgan fingerprint density at radius 2 is 1.30 bits per heavy atom. The molecule has 37 heavy (non-hydrogen) atoms. The van der Waals surface area contributed by atoms with Gasteiger partial charge in [0.25, 0.3) is 0 Å². The Morgan fingerprint density at radius 1 is 0.784 bits per heavy atom. The lowest BCUT2D eigenvalue weighted by molar-refractivity contribution is -0.606. The quantitative estimate of drug-likeness (QED) is 0.530. The van der Waals surface area contributed by atoms with Crippen LogP contribution in [0.1, 0.15) is 47.9 Å². The zero-order valence-electron chi connectivity index (χ0n) is 20.7. The summed E-state index contributed by atoms with van der Waals surface area (Å²) in [5.74, 6) is -1.31. The minimum absolute atomic E-state index is 0.00778. The topological polar surface area (TPSA) is 46.2 Å². The van der Waals surface area contributed by atoms with Crippen LogP contribution in [0.25, 0.3) is 0 Å². The monoisotopic (exact) mass is 509 g/mol. The lowest BCUT2D eigenvalue weighted by Gasteiger charge is -2.41. The first kappa shape index (κ1) is 25.6. The summed E-state index contributed by atoms with van der Waals surface area (Å²) >= 11 is 0. The van der Waals surface area contributed by atoms with Crippen molar-refractivity contribution in [2.24, 2.45) is 5.92 Å². The number of carbonyl (C=O) groups is 1. The second-order valence-corrected chi connectivity index (χ2v) is 10.0. The molecular formula is C30H32F3N2O2+. The smallest absolute Gasteiger partial charge is 0.314 e. The van der Waals surface area contributed by atoms with Gasteiger partial charge in [0.15, 0.2) is 0 Å². The number of nitrogens with two attached hydrogens (primary N) is 1. The second-order valence-electron chi connectivity index (χ2n) is 10.0. The van der Waals surface area contributed by atoms with Crippen LogP contribution in [0.2, 0.25) is 0 Å². The van der Waals surface area contributed by atoms with Crippen molar-refractivity contribution in [2.75, 3.05) is 26.3 Å². The molecule has 0 bridgehead atoms. The highest BCUT2D eigenvalue weighted by Crippen LogP contribution is 2.40. The van der Waals surface area contributed by atoms with Crippen LogP contribution in [0, 0.1) is 23.4 Å². The van der Waals surface area contributed by atoms with Crippen molar-refractivity contribution in [2.45, 2.75) is 37.3 Å². The number of nitrogens with zero attached hydrogens (tertiary/aromatic N) is 1. The molecule has 2 fully saturated rings. The van der Waals surface area contributed by atoms with Gasteiger partial charge in [0.2, 0.25) is 0 Å². The van der Waals surface area contributed by atoms with Crippen molar-refractivity contribution in [3.8, 4) is 0 Å². The molecule has 0 spiro atoms. The highest BCUT2D eigenvalue weighted by atomic mass is 19.1. The number of halogens is 3. The molecule has 4 nitrogen and oxygen atoms in total. The molecule has 7 heteroatoms. The average molecular weight is 510 g/mol. The first-order chi connectivity index (χ1) is 18.0. The van der Waals surface area contributed by atoms with E-state index in [4.69, 9.17) is 4.74 Å². The molecule has 1 aliphatic heterocycles. The van der Waals surface area contributed by atoms with E-state index >= 15 is 0 Å². The normalized spacial score (nSPS) is 22.8. The molecule has 2 N–H and O–H groups in total. The maximum atomic E-state index is 13.9. The Morgan fingerprint density at radius 3 is 1.84 bits per heavy atom. The third-order valence-corrected chi connectivity index (χ3v) is 7.84. The van der Waals surface area contributed by atoms with Gasteiger partial charge in [-0.1, -0.05) is 12.1 Å². The van der Waals surface area contributed by atoms with Crippen LogP contribution in [-0.4, -0.2) is 43.2 Å². The van der Waals surface area contributed by atoms with Crippen LogP contribution in [-0.2, 0) is 9.53 Å². The number of morpholine rings is 1. The van der Waals surface area contributed by atoms with Crippen LogP contribution in [0.4, 0.5) is 13.2 Å². The van der Waals surface area contributed by atoms with Gasteiger partial charge in [-0.05, 0) is 85.5 Å². The third-order valence-electron chi connectivity index (χ3n) is 7.84. The second kappa shape index (κ2) is 11.6. The third kappa shape index (κ3) is 6.12. The molecule has 1 saturated carbocycles. The van der Waals surface area contributed by atoms with Crippen molar-refractivity contribution in [1.82, 2.24) is 4.90 Å². The zero-order valence-corrected chi connectivity index (χ0v) is 20.7. The van der Waals surface area contributed by atoms with Gasteiger partial charge in [0, 0.05) is 36.2 Å². The predicted octanol–water partition coefficient (Wildman–Crippen LogP) is 4.57. The van der Waals surface area contributed by atoms with Gasteiger partial charge in [-0.3, -0.25) is 10.2 Å². The Balaban J connectivity index is 1.41. The van der Waals surface area contributed by atoms with Crippen molar-refractivity contribution in [3.05, 3.63) is 107 Å². The summed E-state index contributed by atoms with van der Waals surface area (Å²) in [6.45, 7) is 3.18. The van der Waals surface area contributed by atoms with Gasteiger partial charge >= 0.3 is 5.91 Å². The van der Waals surface area contributed by atoms with Crippen LogP contribution >= 0.6 is 0 Å². The summed E-state index contributed by atoms with van der Waals surface area (Å²) in [5.41, 5.74) is 2.50. The fourth-order valence-corrected chi connectivity index (χ4v) is 5.85. The molecule has 1 aliphatic carbocycles. The van der Waals surface area contributed by atoms with Crippen molar-refractivity contribution in [1.29, 1.82) is 0 Å². The van der Waals surface area contributed by atoms with Crippen molar-refractivity contribution < 1.29 is 28.0 Å². The molecule has 5 rings (SSSR count). The lowest BCUT2D eigenvalue weighted by Crippen LogP contribution is -2.90. The van der Waals surface area contributed by atoms with E-state index in [2.05, 4.69) is 4.90 Å². The van der Waals surface area contributed by atoms with Gasteiger partial charge in [-0.2, -0.15) is 0 Å². The summed E-state index contributed by atoms with van der Waals surface area (Å²) < 4.78 is 46.6. The van der Waals surface area contributed by atoms with E-state index in [0.717, 1.165) is 49.0 Å². The first-order valence-corrected chi connectivity index (χ1v) is 12.9. The standard InChI is InChI=1S/C30H31F3N2O2/c31-23-7-1-20(2-8-23)28-19-26(35-15-17-37-18-16-35)13-14-27(28)30(36)34-29(21-3-9-24(32)10-4-21)22-5-11-25(33)12-6-22/h1-12,26-29H,13-19H2,(H,34,36)/p+1. The summed E-state index contributed by atoms with van der Waals surface area (Å²) in [6, 6.07) is 18.6. The number of quaternary nitrogens is 1. The van der Waals surface area contributed by atoms with E-state index < -0.39 is 6.04 Å². The van der Waals surface area contributed by atoms with Gasteiger partial charge in [0.05, 0.1) is 19.1 Å². The van der Waals surface area contributed by atoms with E-state index in [0.29, 0.717) is 19.3 Å². The van der Waals surface area contributed by atoms with Crippen molar-refractivity contribution >= 4 is 5.91 Å². The number of rotatable bonds is 6. The highest BCUT2D eigenvalue weighted by Gasteiger charge is 2.41. The van der Waals surface area contributed by atoms with Crippen LogP contribution in [0.15, 0.2) is 72.8 Å². The number of carbonyl (C=O) groups excluding carboxylic acids is 1. The van der Waals surface area contributed by atoms with Crippen LogP contribution < -0.4 is 5.32 Å². The Labute approximate surface area is 215 Å². The first-order valence-electron chi connectivity index (χ1n) is 12.9. The summed E-state index contributed by atoms with van der Waals surface area (Å²) in [4.78, 5) is 16.4. The fourth-order valence-electron chi connectivity index (χ4n) is 5.85. The summed E-state index contributed by atoms with van der Waals surface area (Å²) in [7, 11) is 0. The Hall–Kier alpha value is -3.00. The minimum atomic E-state index is -0.431. The van der Waals surface area contributed by atoms with E-state index in [-0.39, 0.29) is 35.2 Å². The molecule has 0 radical (unpaired) electrons. The van der Waals surface area contributed by atoms with Crippen LogP contribution in [0.5, 0.6) is 0 Å². The molecule has 3 aromatic rings. The summed E-state index contributed by atoms with van der Waals surface area (Å²) in [6.07, 6.45) is 2.44. The Bertz CT molecular complexity index is 1130. The number of hydrogen-bond acceptors (Lipinski definition) is 3. The average Bonchev–Trinajstić information content (AvgIpc) is 2.93. The van der Waals surface area contributed by atoms with Crippen molar-refractivity contribution in [3.63, 3.8) is 0 Å². The van der Waals surface area contributed by atoms with Crippen LogP contribution in [0.3, 0.4) is 0 Å². The number of primary amides is 1. The highest BCUT2D eigenvalue weighted by molar-refractivity contribution is 5.71. The zero-order chi connectivity index (χ0) is 25.8. The van der Waals surface area contributed by atoms with E-state index in [1.807, 2.05) is 0 Å². The number of benzene rings is 3. The molecule has 2 aliphatic rings. The molecule has 1 amide bonds. The number of amides is 1. The van der Waals surface area contributed by atoms with E-state index in [9.17, 15) is 18.0 Å². The minimum Gasteiger partial charge on any atom is -0.379 e. The largest absolute Gasteiger partial charge is 0.379 e. The van der Waals surface area contributed by atoms with Gasteiger partial charge in [0.1, 0.15) is 23.5 Å². The molecule has 194 valence electrons. The Kier molecular flexibility index (Phi) is 8.03. The van der Waals surface area contributed by atoms with E-state index in [1.165, 1.54) is 36.4 Å². The van der Waals surface area contributed by atoms with Gasteiger partial charge in [-0.15, -0.1) is 0 Å². The molecule has 3 atom stereocenters. The molecular weight excluding hydrogens is 477 g/mol. The fraction of sp³-hybridized carbons (Fsp3) is 0.367.